The summed E-state index contributed by atoms with van der Waals surface area (Å²) < 4.78 is 41.8. The van der Waals surface area contributed by atoms with Crippen molar-refractivity contribution in [1.29, 1.82) is 0 Å². The second-order valence-electron chi connectivity index (χ2n) is 20.8. The Hall–Kier alpha value is -3.34. The molecule has 3 heterocycles. The molecule has 3 fully saturated rings. The van der Waals surface area contributed by atoms with Crippen molar-refractivity contribution in [2.45, 2.75) is 187 Å². The molecule has 2 saturated heterocycles. The number of aliphatic hydroxyl groups excluding tert-OH is 1. The van der Waals surface area contributed by atoms with Crippen molar-refractivity contribution in [2.24, 2.45) is 35.5 Å². The van der Waals surface area contributed by atoms with Gasteiger partial charge in [0.05, 0.1) is 37.6 Å². The van der Waals surface area contributed by atoms with Crippen LogP contribution in [0.1, 0.15) is 132 Å². The predicted octanol–water partition coefficient (Wildman–Crippen LogP) is 8.23. The van der Waals surface area contributed by atoms with Gasteiger partial charge in [-0.15, -0.1) is 0 Å². The highest BCUT2D eigenvalue weighted by Crippen LogP contribution is 2.38. The van der Waals surface area contributed by atoms with Crippen LogP contribution >= 0.6 is 0 Å². The van der Waals surface area contributed by atoms with Gasteiger partial charge in [0.15, 0.2) is 0 Å². The summed E-state index contributed by atoms with van der Waals surface area (Å²) in [5.74, 6) is -6.69. The molecule has 0 unspecified atom stereocenters. The summed E-state index contributed by atoms with van der Waals surface area (Å²) >= 11 is 0. The molecule has 0 aromatic carbocycles. The van der Waals surface area contributed by atoms with E-state index in [9.17, 15) is 29.4 Å². The van der Waals surface area contributed by atoms with Crippen molar-refractivity contribution in [3.63, 3.8) is 0 Å². The van der Waals surface area contributed by atoms with Crippen LogP contribution in [0.5, 0.6) is 0 Å². The molecule has 2 N–H and O–H groups in total. The number of piperidine rings is 1. The van der Waals surface area contributed by atoms with E-state index >= 15 is 0 Å². The van der Waals surface area contributed by atoms with Crippen LogP contribution in [0.2, 0.25) is 0 Å². The molecule has 70 heavy (non-hydrogen) atoms. The standard InChI is InChI=1S/C56H89NO13/c1-13-67-27-28-68-47-25-23-43(32-50(47)65-11)31-39(6)49-34-46(58)38(5)30-40(7)51(59)52(66-12)42(9)37(4)29-35(2)19-15-14-16-20-36(3)48(64-10)33-44-24-22-41(8)56(63,70-44)53(60)54(61)57-26-18-17-21-45(57)55(62)69-49/h14-16,19-20,30,35,37-39,41,43-45,47-52,59,63H,9,13,17-18,21-29,31-34H2,1-8,10-12H3/b16-14+,19-15+,36-20+,40-30+/t35-,37-,38-,39-,41-,43+,44+,45+,47-,48+,49+,50-,51-,52+,56-/m1/s1. The van der Waals surface area contributed by atoms with Crippen molar-refractivity contribution in [3.05, 3.63) is 59.8 Å². The summed E-state index contributed by atoms with van der Waals surface area (Å²) in [6.45, 7) is 21.4. The maximum atomic E-state index is 14.5. The van der Waals surface area contributed by atoms with Gasteiger partial charge < -0.3 is 48.3 Å². The lowest BCUT2D eigenvalue weighted by molar-refractivity contribution is -0.265. The van der Waals surface area contributed by atoms with E-state index in [1.54, 1.807) is 48.2 Å². The topological polar surface area (TPSA) is 177 Å². The van der Waals surface area contributed by atoms with Gasteiger partial charge >= 0.3 is 5.97 Å². The number of hydrogen-bond acceptors (Lipinski definition) is 13. The molecule has 3 aliphatic heterocycles. The van der Waals surface area contributed by atoms with Gasteiger partial charge in [-0.2, -0.15) is 0 Å². The van der Waals surface area contributed by atoms with Gasteiger partial charge in [-0.25, -0.2) is 4.79 Å². The Morgan fingerprint density at radius 1 is 0.871 bits per heavy atom. The molecule has 0 aromatic rings. The number of fused-ring (bicyclic) bond motifs is 3. The summed E-state index contributed by atoms with van der Waals surface area (Å²) in [5, 5.41) is 23.7. The van der Waals surface area contributed by atoms with Crippen molar-refractivity contribution in [2.75, 3.05) is 47.7 Å². The van der Waals surface area contributed by atoms with E-state index in [4.69, 9.17) is 33.2 Å². The van der Waals surface area contributed by atoms with Gasteiger partial charge in [-0.1, -0.05) is 77.7 Å². The summed E-state index contributed by atoms with van der Waals surface area (Å²) in [5.41, 5.74) is 2.22. The molecule has 14 nitrogen and oxygen atoms in total. The van der Waals surface area contributed by atoms with Crippen LogP contribution in [0.15, 0.2) is 59.8 Å². The van der Waals surface area contributed by atoms with E-state index in [2.05, 4.69) is 26.5 Å². The first-order valence-electron chi connectivity index (χ1n) is 26.1. The van der Waals surface area contributed by atoms with Crippen LogP contribution in [0.25, 0.3) is 0 Å². The van der Waals surface area contributed by atoms with E-state index in [-0.39, 0.29) is 67.2 Å². The van der Waals surface area contributed by atoms with Gasteiger partial charge in [-0.3, -0.25) is 14.4 Å². The molecular weight excluding hydrogens is 895 g/mol. The van der Waals surface area contributed by atoms with Crippen LogP contribution in [0.4, 0.5) is 0 Å². The summed E-state index contributed by atoms with van der Waals surface area (Å²) in [7, 11) is 4.84. The average molecular weight is 984 g/mol. The number of esters is 1. The molecule has 0 aromatic heterocycles. The highest BCUT2D eigenvalue weighted by Gasteiger charge is 2.53. The lowest BCUT2D eigenvalue weighted by atomic mass is 9.78. The largest absolute Gasteiger partial charge is 0.460 e. The van der Waals surface area contributed by atoms with E-state index in [0.29, 0.717) is 63.9 Å². The van der Waals surface area contributed by atoms with Crippen LogP contribution in [-0.2, 0) is 52.3 Å². The predicted molar refractivity (Wildman–Crippen MR) is 269 cm³/mol. The number of methoxy groups -OCH3 is 3. The molecule has 0 radical (unpaired) electrons. The van der Waals surface area contributed by atoms with Gasteiger partial charge in [0.25, 0.3) is 11.7 Å². The summed E-state index contributed by atoms with van der Waals surface area (Å²) in [4.78, 5) is 58.7. The number of hydrogen-bond donors (Lipinski definition) is 2. The van der Waals surface area contributed by atoms with Crippen molar-refractivity contribution >= 4 is 23.4 Å². The Kier molecular flexibility index (Phi) is 24.4. The first kappa shape index (κ1) is 59.2. The smallest absolute Gasteiger partial charge is 0.329 e. The minimum Gasteiger partial charge on any atom is -0.460 e. The van der Waals surface area contributed by atoms with Crippen molar-refractivity contribution < 1.29 is 62.5 Å². The molecule has 2 bridgehead atoms. The Labute approximate surface area is 419 Å². The quantitative estimate of drug-likeness (QED) is 0.0877. The molecule has 396 valence electrons. The number of Topliss-reactive ketones (excluding diaryl/α,β-unsaturated/α-hetero) is 2. The number of ketones is 2. The number of carbonyl (C=O) groups excluding carboxylic acids is 4. The fourth-order valence-electron chi connectivity index (χ4n) is 10.8. The van der Waals surface area contributed by atoms with Crippen molar-refractivity contribution in [1.82, 2.24) is 4.90 Å². The average Bonchev–Trinajstić information content (AvgIpc) is 3.34. The molecule has 4 rings (SSSR count). The van der Waals surface area contributed by atoms with Crippen LogP contribution in [0.3, 0.4) is 0 Å². The first-order valence-corrected chi connectivity index (χ1v) is 26.1. The zero-order valence-electron chi connectivity index (χ0n) is 44.4. The number of aliphatic hydroxyl groups is 2. The lowest BCUT2D eigenvalue weighted by Gasteiger charge is -2.42. The number of ether oxygens (including phenoxy) is 7. The highest BCUT2D eigenvalue weighted by molar-refractivity contribution is 6.39. The first-order chi connectivity index (χ1) is 33.3. The Balaban J connectivity index is 1.68. The van der Waals surface area contributed by atoms with Crippen molar-refractivity contribution in [3.8, 4) is 0 Å². The highest BCUT2D eigenvalue weighted by atomic mass is 16.6. The molecule has 15 atom stereocenters. The number of allylic oxidation sites excluding steroid dienone is 6. The molecule has 4 aliphatic rings. The summed E-state index contributed by atoms with van der Waals surface area (Å²) in [6, 6.07) is -1.11. The Morgan fingerprint density at radius 2 is 1.61 bits per heavy atom. The third-order valence-electron chi connectivity index (χ3n) is 15.4. The molecule has 0 spiro atoms. The monoisotopic (exact) mass is 984 g/mol. The molecular formula is C56H89NO13. The molecule has 1 saturated carbocycles. The van der Waals surface area contributed by atoms with Gasteiger partial charge in [0.1, 0.15) is 30.1 Å². The fourth-order valence-corrected chi connectivity index (χ4v) is 10.8. The second kappa shape index (κ2) is 28.8. The third kappa shape index (κ3) is 16.3. The van der Waals surface area contributed by atoms with Crippen LogP contribution in [-0.4, -0.2) is 141 Å². The number of amides is 1. The SMILES string of the molecule is C=C1[C@H](C)C[C@H](C)/C=C/C=C/C=C(\C)[C@@H](OC)C[C@@H]2CC[C@@H](C)[C@@](O)(O2)C(=O)C(=O)N2CCCC[C@H]2C(=O)O[C@H]([C@H](C)C[C@@H]2CC[C@@H](OCCOCC)[C@H](OC)C2)CC(=O)[C@H](C)/C=C(\C)[C@@H](O)[C@H]1OC. The minimum absolute atomic E-state index is 0.00289. The second-order valence-corrected chi connectivity index (χ2v) is 20.8. The van der Waals surface area contributed by atoms with E-state index in [0.717, 1.165) is 36.8 Å². The maximum absolute atomic E-state index is 14.5. The van der Waals surface area contributed by atoms with Crippen LogP contribution in [0, 0.1) is 35.5 Å². The molecule has 14 heteroatoms. The number of nitrogens with zero attached hydrogens (tertiary/aromatic N) is 1. The number of cyclic esters (lactones) is 1. The third-order valence-corrected chi connectivity index (χ3v) is 15.4. The Bertz CT molecular complexity index is 1840. The summed E-state index contributed by atoms with van der Waals surface area (Å²) in [6.07, 6.45) is 14.2. The maximum Gasteiger partial charge on any atom is 0.329 e. The normalized spacial score (nSPS) is 38.4. The van der Waals surface area contributed by atoms with E-state index < -0.39 is 65.7 Å². The van der Waals surface area contributed by atoms with Gasteiger partial charge in [0, 0.05) is 59.2 Å². The van der Waals surface area contributed by atoms with Gasteiger partial charge in [0.2, 0.25) is 5.79 Å². The fraction of sp³-hybridized carbons (Fsp3) is 0.750. The molecule has 1 aliphatic carbocycles. The van der Waals surface area contributed by atoms with E-state index in [1.807, 2.05) is 45.1 Å². The molecule has 1 amide bonds. The van der Waals surface area contributed by atoms with Gasteiger partial charge in [-0.05, 0) is 125 Å². The number of carbonyl (C=O) groups is 4. The lowest BCUT2D eigenvalue weighted by Crippen LogP contribution is -2.61. The van der Waals surface area contributed by atoms with E-state index in [1.165, 1.54) is 4.90 Å². The zero-order chi connectivity index (χ0) is 51.7. The number of rotatable bonds is 11. The minimum atomic E-state index is -2.41. The Morgan fingerprint density at radius 3 is 2.30 bits per heavy atom. The zero-order valence-corrected chi connectivity index (χ0v) is 44.4. The van der Waals surface area contributed by atoms with Crippen LogP contribution < -0.4 is 0 Å².